The van der Waals surface area contributed by atoms with Gasteiger partial charge < -0.3 is 15.2 Å². The van der Waals surface area contributed by atoms with Crippen LogP contribution in [0, 0.1) is 0 Å². The van der Waals surface area contributed by atoms with Gasteiger partial charge in [0.15, 0.2) is 18.1 Å². The van der Waals surface area contributed by atoms with Gasteiger partial charge in [0.1, 0.15) is 0 Å². The predicted molar refractivity (Wildman–Crippen MR) is 91.0 cm³/mol. The van der Waals surface area contributed by atoms with E-state index in [0.717, 1.165) is 12.1 Å². The molecule has 0 atom stereocenters. The van der Waals surface area contributed by atoms with Crippen molar-refractivity contribution in [3.8, 4) is 11.5 Å². The van der Waals surface area contributed by atoms with Gasteiger partial charge in [-0.1, -0.05) is 6.07 Å². The fraction of sp³-hybridized carbons (Fsp3) is 0.222. The zero-order valence-corrected chi connectivity index (χ0v) is 13.9. The molecule has 2 N–H and O–H groups in total. The van der Waals surface area contributed by atoms with Crippen molar-refractivity contribution in [2.45, 2.75) is 13.1 Å². The number of carbonyl (C=O) groups excluding carboxylic acids is 1. The summed E-state index contributed by atoms with van der Waals surface area (Å²) in [5.74, 6) is 0.0891. The molecule has 0 spiro atoms. The molecule has 26 heavy (non-hydrogen) atoms. The van der Waals surface area contributed by atoms with Gasteiger partial charge in [0.2, 0.25) is 0 Å². The highest BCUT2D eigenvalue weighted by Gasteiger charge is 2.30. The molecular weight excluding hydrogens is 349 g/mol. The number of alkyl halides is 3. The Hall–Kier alpha value is -3.03. The molecule has 0 aliphatic heterocycles. The van der Waals surface area contributed by atoms with Gasteiger partial charge in [0, 0.05) is 6.21 Å². The highest BCUT2D eigenvalue weighted by molar-refractivity contribution is 5.83. The number of primary amides is 1. The molecule has 0 unspecified atom stereocenters. The van der Waals surface area contributed by atoms with E-state index in [1.807, 2.05) is 0 Å². The first kappa shape index (κ1) is 19.3. The molecule has 0 bridgehead atoms. The third-order valence-corrected chi connectivity index (χ3v) is 3.17. The minimum Gasteiger partial charge on any atom is -0.490 e. The number of aliphatic imine (C=N–C) groups is 1. The van der Waals surface area contributed by atoms with Crippen LogP contribution in [0.25, 0.3) is 0 Å². The summed E-state index contributed by atoms with van der Waals surface area (Å²) in [4.78, 5) is 14.9. The fourth-order valence-corrected chi connectivity index (χ4v) is 2.05. The van der Waals surface area contributed by atoms with Crippen LogP contribution < -0.4 is 15.2 Å². The van der Waals surface area contributed by atoms with E-state index in [9.17, 15) is 18.0 Å². The number of hydrogen-bond donors (Lipinski definition) is 1. The maximum atomic E-state index is 12.7. The minimum atomic E-state index is -4.42. The number of nitrogens with two attached hydrogens (primary N) is 1. The van der Waals surface area contributed by atoms with Crippen LogP contribution in [0.15, 0.2) is 47.5 Å². The predicted octanol–water partition coefficient (Wildman–Crippen LogP) is 3.72. The number of benzene rings is 2. The van der Waals surface area contributed by atoms with Crippen molar-refractivity contribution in [3.05, 3.63) is 53.6 Å². The van der Waals surface area contributed by atoms with E-state index in [1.165, 1.54) is 18.3 Å². The van der Waals surface area contributed by atoms with Crippen LogP contribution in [0.4, 0.5) is 18.9 Å². The van der Waals surface area contributed by atoms with Gasteiger partial charge in [0.25, 0.3) is 5.91 Å². The lowest BCUT2D eigenvalue weighted by atomic mass is 10.2. The molecule has 2 rings (SSSR count). The van der Waals surface area contributed by atoms with Gasteiger partial charge in [-0.05, 0) is 48.9 Å². The Kier molecular flexibility index (Phi) is 6.21. The Labute approximate surface area is 148 Å². The van der Waals surface area contributed by atoms with E-state index in [0.29, 0.717) is 23.7 Å². The molecule has 0 fully saturated rings. The van der Waals surface area contributed by atoms with Crippen LogP contribution in [-0.4, -0.2) is 25.3 Å². The summed E-state index contributed by atoms with van der Waals surface area (Å²) in [6.45, 7) is 1.85. The molecule has 0 aliphatic carbocycles. The molecule has 0 aliphatic rings. The zero-order valence-electron chi connectivity index (χ0n) is 13.9. The Balaban J connectivity index is 2.22. The van der Waals surface area contributed by atoms with Crippen molar-refractivity contribution in [2.24, 2.45) is 10.7 Å². The number of hydrogen-bond acceptors (Lipinski definition) is 4. The SMILES string of the molecule is CCOc1cc(C=Nc2cccc(C(F)(F)F)c2)ccc1OCC(N)=O. The van der Waals surface area contributed by atoms with Crippen molar-refractivity contribution in [1.29, 1.82) is 0 Å². The lowest BCUT2D eigenvalue weighted by molar-refractivity contribution is -0.137. The highest BCUT2D eigenvalue weighted by atomic mass is 19.4. The normalized spacial score (nSPS) is 11.5. The van der Waals surface area contributed by atoms with Crippen LogP contribution in [0.1, 0.15) is 18.1 Å². The third-order valence-electron chi connectivity index (χ3n) is 3.17. The van der Waals surface area contributed by atoms with E-state index in [2.05, 4.69) is 4.99 Å². The Morgan fingerprint density at radius 2 is 1.92 bits per heavy atom. The Morgan fingerprint density at radius 1 is 1.15 bits per heavy atom. The van der Waals surface area contributed by atoms with Crippen LogP contribution in [0.5, 0.6) is 11.5 Å². The molecule has 5 nitrogen and oxygen atoms in total. The van der Waals surface area contributed by atoms with Crippen molar-refractivity contribution in [2.75, 3.05) is 13.2 Å². The van der Waals surface area contributed by atoms with Gasteiger partial charge in [-0.15, -0.1) is 0 Å². The maximum absolute atomic E-state index is 12.7. The molecule has 1 amide bonds. The summed E-state index contributed by atoms with van der Waals surface area (Å²) in [6, 6.07) is 9.52. The van der Waals surface area contributed by atoms with E-state index in [-0.39, 0.29) is 12.3 Å². The smallest absolute Gasteiger partial charge is 0.416 e. The van der Waals surface area contributed by atoms with Crippen LogP contribution in [0.2, 0.25) is 0 Å². The minimum absolute atomic E-state index is 0.173. The van der Waals surface area contributed by atoms with Gasteiger partial charge >= 0.3 is 6.18 Å². The molecule has 8 heteroatoms. The first-order chi connectivity index (χ1) is 12.3. The lowest BCUT2D eigenvalue weighted by Crippen LogP contribution is -2.20. The molecular formula is C18H17F3N2O3. The summed E-state index contributed by atoms with van der Waals surface area (Å²) in [7, 11) is 0. The summed E-state index contributed by atoms with van der Waals surface area (Å²) in [6.07, 6.45) is -3.01. The second-order valence-corrected chi connectivity index (χ2v) is 5.20. The topological polar surface area (TPSA) is 73.9 Å². The van der Waals surface area contributed by atoms with E-state index < -0.39 is 17.6 Å². The monoisotopic (exact) mass is 366 g/mol. The third kappa shape index (κ3) is 5.51. The molecule has 0 saturated heterocycles. The number of carbonyl (C=O) groups is 1. The van der Waals surface area contributed by atoms with Crippen molar-refractivity contribution < 1.29 is 27.4 Å². The maximum Gasteiger partial charge on any atom is 0.416 e. The molecule has 0 saturated carbocycles. The second kappa shape index (κ2) is 8.37. The zero-order chi connectivity index (χ0) is 19.2. The van der Waals surface area contributed by atoms with E-state index in [1.54, 1.807) is 25.1 Å². The molecule has 2 aromatic rings. The number of halogens is 3. The van der Waals surface area contributed by atoms with Gasteiger partial charge in [0.05, 0.1) is 17.9 Å². The average Bonchev–Trinajstić information content (AvgIpc) is 2.59. The highest BCUT2D eigenvalue weighted by Crippen LogP contribution is 2.32. The molecule has 138 valence electrons. The second-order valence-electron chi connectivity index (χ2n) is 5.20. The summed E-state index contributed by atoms with van der Waals surface area (Å²) in [5, 5.41) is 0. The standard InChI is InChI=1S/C18H17F3N2O3/c1-2-25-16-8-12(6-7-15(16)26-11-17(22)24)10-23-14-5-3-4-13(9-14)18(19,20)21/h3-10H,2,11H2,1H3,(H2,22,24). The molecule has 0 radical (unpaired) electrons. The number of nitrogens with zero attached hydrogens (tertiary/aromatic N) is 1. The lowest BCUT2D eigenvalue weighted by Gasteiger charge is -2.11. The van der Waals surface area contributed by atoms with Crippen molar-refractivity contribution in [1.82, 2.24) is 0 Å². The number of ether oxygens (including phenoxy) is 2. The molecule has 0 heterocycles. The van der Waals surface area contributed by atoms with Crippen molar-refractivity contribution >= 4 is 17.8 Å². The largest absolute Gasteiger partial charge is 0.490 e. The number of rotatable bonds is 7. The van der Waals surface area contributed by atoms with E-state index >= 15 is 0 Å². The average molecular weight is 366 g/mol. The van der Waals surface area contributed by atoms with Gasteiger partial charge in [-0.25, -0.2) is 0 Å². The number of amides is 1. The van der Waals surface area contributed by atoms with Gasteiger partial charge in [-0.2, -0.15) is 13.2 Å². The van der Waals surface area contributed by atoms with E-state index in [4.69, 9.17) is 15.2 Å². The van der Waals surface area contributed by atoms with Crippen LogP contribution >= 0.6 is 0 Å². The summed E-state index contributed by atoms with van der Waals surface area (Å²) < 4.78 is 48.9. The van der Waals surface area contributed by atoms with Gasteiger partial charge in [-0.3, -0.25) is 9.79 Å². The summed E-state index contributed by atoms with van der Waals surface area (Å²) >= 11 is 0. The Morgan fingerprint density at radius 3 is 2.58 bits per heavy atom. The van der Waals surface area contributed by atoms with Crippen LogP contribution in [0.3, 0.4) is 0 Å². The molecule has 2 aromatic carbocycles. The van der Waals surface area contributed by atoms with Crippen LogP contribution in [-0.2, 0) is 11.0 Å². The molecule has 0 aromatic heterocycles. The summed E-state index contributed by atoms with van der Waals surface area (Å²) in [5.41, 5.74) is 5.04. The Bertz CT molecular complexity index is 805. The first-order valence-corrected chi connectivity index (χ1v) is 7.69. The fourth-order valence-electron chi connectivity index (χ4n) is 2.05. The first-order valence-electron chi connectivity index (χ1n) is 7.69. The quantitative estimate of drug-likeness (QED) is 0.759. The van der Waals surface area contributed by atoms with Crippen molar-refractivity contribution in [3.63, 3.8) is 0 Å².